The van der Waals surface area contributed by atoms with Gasteiger partial charge < -0.3 is 4.43 Å². The molecule has 0 radical (unpaired) electrons. The molecule has 0 aromatic heterocycles. The summed E-state index contributed by atoms with van der Waals surface area (Å²) in [6, 6.07) is 1.49. The van der Waals surface area contributed by atoms with Crippen molar-refractivity contribution in [2.45, 2.75) is 38.7 Å². The Morgan fingerprint density at radius 1 is 1.09 bits per heavy atom. The van der Waals surface area contributed by atoms with Gasteiger partial charge >= 0.3 is 29.6 Å². The van der Waals surface area contributed by atoms with Crippen molar-refractivity contribution in [2.75, 3.05) is 6.61 Å². The molecule has 0 atom stereocenters. The van der Waals surface area contributed by atoms with E-state index in [4.69, 9.17) is 4.43 Å². The fourth-order valence-corrected chi connectivity index (χ4v) is 7.83. The van der Waals surface area contributed by atoms with E-state index < -0.39 is 15.4 Å². The summed E-state index contributed by atoms with van der Waals surface area (Å²) in [5, 5.41) is 0. The minimum absolute atomic E-state index is 0. The number of hydrogen-bond donors (Lipinski definition) is 0. The van der Waals surface area contributed by atoms with Gasteiger partial charge in [-0.3, -0.25) is 0 Å². The van der Waals surface area contributed by atoms with Crippen molar-refractivity contribution in [2.24, 2.45) is 0 Å². The van der Waals surface area contributed by atoms with Crippen molar-refractivity contribution in [1.29, 1.82) is 0 Å². The van der Waals surface area contributed by atoms with Gasteiger partial charge in [0.2, 0.25) is 0 Å². The van der Waals surface area contributed by atoms with Crippen LogP contribution in [0.3, 0.4) is 0 Å². The predicted molar refractivity (Wildman–Crippen MR) is 57.5 cm³/mol. The molecule has 4 heteroatoms. The monoisotopic (exact) mass is 198 g/mol. The second kappa shape index (κ2) is 4.07. The van der Waals surface area contributed by atoms with Crippen LogP contribution in [-0.4, -0.2) is 51.6 Å². The van der Waals surface area contributed by atoms with Crippen molar-refractivity contribution in [3.63, 3.8) is 0 Å². The van der Waals surface area contributed by atoms with E-state index in [1.807, 2.05) is 0 Å². The van der Waals surface area contributed by atoms with Gasteiger partial charge in [0.15, 0.2) is 7.83 Å². The van der Waals surface area contributed by atoms with E-state index in [0.717, 1.165) is 6.61 Å². The molecule has 1 rings (SSSR count). The first-order valence-corrected chi connectivity index (χ1v) is 11.2. The molecule has 1 aliphatic rings. The van der Waals surface area contributed by atoms with E-state index in [0.29, 0.717) is 0 Å². The van der Waals surface area contributed by atoms with Crippen LogP contribution in [0.2, 0.25) is 32.2 Å². The predicted octanol–water partition coefficient (Wildman–Crippen LogP) is 1.75. The zero-order valence-electron chi connectivity index (χ0n) is 7.53. The molecule has 0 aromatic rings. The van der Waals surface area contributed by atoms with Crippen molar-refractivity contribution < 1.29 is 4.43 Å². The molecule has 1 heterocycles. The van der Waals surface area contributed by atoms with E-state index >= 15 is 0 Å². The van der Waals surface area contributed by atoms with Crippen molar-refractivity contribution in [3.8, 4) is 0 Å². The van der Waals surface area contributed by atoms with Crippen LogP contribution in [0.25, 0.3) is 0 Å². The first kappa shape index (κ1) is 12.4. The molecular weight excluding hydrogens is 179 g/mol. The summed E-state index contributed by atoms with van der Waals surface area (Å²) in [6.07, 6.45) is 1.32. The minimum atomic E-state index is -1.18. The molecule has 0 amide bonds. The molecule has 0 unspecified atom stereocenters. The average Bonchev–Trinajstić information content (AvgIpc) is 1.77. The maximum atomic E-state index is 5.88. The van der Waals surface area contributed by atoms with Crippen LogP contribution in [-0.2, 0) is 4.43 Å². The van der Waals surface area contributed by atoms with E-state index in [2.05, 4.69) is 26.2 Å². The Kier molecular flexibility index (Phi) is 4.58. The second-order valence-electron chi connectivity index (χ2n) is 4.35. The van der Waals surface area contributed by atoms with Crippen molar-refractivity contribution in [3.05, 3.63) is 0 Å². The Morgan fingerprint density at radius 3 is 1.91 bits per heavy atom. The summed E-state index contributed by atoms with van der Waals surface area (Å²) in [6.45, 7) is 10.8. The van der Waals surface area contributed by atoms with Crippen LogP contribution < -0.4 is 0 Å². The molecule has 62 valence electrons. The van der Waals surface area contributed by atoms with Crippen LogP contribution in [0, 0.1) is 0 Å². The van der Waals surface area contributed by atoms with Crippen LogP contribution in [0.1, 0.15) is 6.42 Å². The number of rotatable bonds is 0. The van der Waals surface area contributed by atoms with Gasteiger partial charge in [0.1, 0.15) is 0 Å². The van der Waals surface area contributed by atoms with E-state index in [1.54, 1.807) is 0 Å². The first-order chi connectivity index (χ1) is 4.46. The topological polar surface area (TPSA) is 9.23 Å². The molecule has 0 aromatic carbocycles. The molecule has 1 aliphatic heterocycles. The third-order valence-corrected chi connectivity index (χ3v) is 19.8. The van der Waals surface area contributed by atoms with Gasteiger partial charge in [-0.15, -0.1) is 0 Å². The molecule has 11 heavy (non-hydrogen) atoms. The fraction of sp³-hybridized carbons (Fsp3) is 1.00. The Morgan fingerprint density at radius 2 is 1.64 bits per heavy atom. The zero-order valence-corrected chi connectivity index (χ0v) is 9.53. The van der Waals surface area contributed by atoms with Gasteiger partial charge in [0, 0.05) is 6.61 Å². The summed E-state index contributed by atoms with van der Waals surface area (Å²) in [7, 11) is -2.08. The van der Waals surface area contributed by atoms with Crippen molar-refractivity contribution in [1.82, 2.24) is 0 Å². The first-order valence-electron chi connectivity index (χ1n) is 4.10. The Hall–Kier alpha value is 1.39. The van der Waals surface area contributed by atoms with Crippen LogP contribution in [0.4, 0.5) is 0 Å². The van der Waals surface area contributed by atoms with Gasteiger partial charge in [0.25, 0.3) is 0 Å². The quantitative estimate of drug-likeness (QED) is 0.539. The van der Waals surface area contributed by atoms with Gasteiger partial charge in [-0.1, -0.05) is 19.1 Å². The normalized spacial score (nSPS) is 27.3. The Labute approximate surface area is 94.1 Å². The third-order valence-electron chi connectivity index (χ3n) is 3.04. The second-order valence-corrected chi connectivity index (χ2v) is 19.6. The Bertz CT molecular complexity index is 120. The molecule has 0 saturated carbocycles. The fourth-order valence-electron chi connectivity index (χ4n) is 1.34. The SMILES string of the molecule is C[Si]1(C)CCCO[Si]1(C)C.[NaH]. The molecule has 1 saturated heterocycles. The zero-order chi connectivity index (χ0) is 7.83. The van der Waals surface area contributed by atoms with Gasteiger partial charge in [-0.05, 0) is 19.5 Å². The van der Waals surface area contributed by atoms with E-state index in [-0.39, 0.29) is 29.6 Å². The van der Waals surface area contributed by atoms with Crippen LogP contribution in [0.5, 0.6) is 0 Å². The van der Waals surface area contributed by atoms with Crippen LogP contribution >= 0.6 is 0 Å². The maximum absolute atomic E-state index is 5.88. The molecule has 0 bridgehead atoms. The summed E-state index contributed by atoms with van der Waals surface area (Å²) in [5.41, 5.74) is 0. The van der Waals surface area contributed by atoms with Gasteiger partial charge in [-0.2, -0.15) is 0 Å². The third kappa shape index (κ3) is 2.67. The summed E-state index contributed by atoms with van der Waals surface area (Å²) < 4.78 is 5.88. The summed E-state index contributed by atoms with van der Waals surface area (Å²) in [4.78, 5) is 0. The molecule has 0 aliphatic carbocycles. The Balaban J connectivity index is 0.000001000. The van der Waals surface area contributed by atoms with E-state index in [9.17, 15) is 0 Å². The van der Waals surface area contributed by atoms with Gasteiger partial charge in [-0.25, -0.2) is 0 Å². The standard InChI is InChI=1S/C7H18OSi2.Na.H/c1-9(2)7-5-6-8-10(9,3)4;;/h5-7H2,1-4H3;;. The van der Waals surface area contributed by atoms with Crippen molar-refractivity contribution >= 4 is 45.0 Å². The van der Waals surface area contributed by atoms with Crippen LogP contribution in [0.15, 0.2) is 0 Å². The molecular formula is C7H19NaOSi2. The molecule has 1 nitrogen and oxygen atoms in total. The molecule has 1 fully saturated rings. The molecule has 0 spiro atoms. The van der Waals surface area contributed by atoms with E-state index in [1.165, 1.54) is 12.5 Å². The average molecular weight is 198 g/mol. The summed E-state index contributed by atoms with van der Waals surface area (Å²) >= 11 is 0. The number of hydrogen-bond acceptors (Lipinski definition) is 1. The summed E-state index contributed by atoms with van der Waals surface area (Å²) in [5.74, 6) is 0. The van der Waals surface area contributed by atoms with Gasteiger partial charge in [0.05, 0.1) is 7.59 Å². The molecule has 0 N–H and O–H groups in total.